The van der Waals surface area contributed by atoms with Gasteiger partial charge >= 0.3 is 0 Å². The predicted molar refractivity (Wildman–Crippen MR) is 131 cm³/mol. The summed E-state index contributed by atoms with van der Waals surface area (Å²) in [7, 11) is 1.62. The number of benzene rings is 1. The van der Waals surface area contributed by atoms with Crippen molar-refractivity contribution < 1.29 is 9.53 Å². The van der Waals surface area contributed by atoms with Crippen LogP contribution in [0.3, 0.4) is 0 Å². The van der Waals surface area contributed by atoms with Crippen molar-refractivity contribution in [3.63, 3.8) is 0 Å². The number of nitrogens with zero attached hydrogens (tertiary/aromatic N) is 4. The molecule has 1 aliphatic carbocycles. The average molecular weight is 446 g/mol. The molecule has 3 heterocycles. The molecule has 0 bridgehead atoms. The van der Waals surface area contributed by atoms with E-state index in [0.717, 1.165) is 54.0 Å². The number of ether oxygens (including phenoxy) is 1. The molecule has 1 amide bonds. The summed E-state index contributed by atoms with van der Waals surface area (Å²) in [5.74, 6) is 1.47. The molecule has 172 valence electrons. The second kappa shape index (κ2) is 8.98. The van der Waals surface area contributed by atoms with Crippen LogP contribution in [0.15, 0.2) is 42.7 Å². The molecule has 0 unspecified atom stereocenters. The lowest BCUT2D eigenvalue weighted by Crippen LogP contribution is -2.54. The number of methoxy groups -OCH3 is 1. The highest BCUT2D eigenvalue weighted by atomic mass is 16.5. The fourth-order valence-corrected chi connectivity index (χ4v) is 4.88. The minimum atomic E-state index is 0.0962. The number of fused-ring (bicyclic) bond motifs is 1. The van der Waals surface area contributed by atoms with Crippen LogP contribution >= 0.6 is 0 Å². The van der Waals surface area contributed by atoms with E-state index >= 15 is 0 Å². The number of pyridine rings is 2. The van der Waals surface area contributed by atoms with E-state index in [1.54, 1.807) is 7.11 Å². The minimum Gasteiger partial charge on any atom is -0.396 e. The summed E-state index contributed by atoms with van der Waals surface area (Å²) < 4.78 is 5.07. The highest BCUT2D eigenvalue weighted by Crippen LogP contribution is 2.46. The first-order valence-corrected chi connectivity index (χ1v) is 11.7. The molecule has 3 aromatic rings. The van der Waals surface area contributed by atoms with Gasteiger partial charge in [0.15, 0.2) is 5.82 Å². The van der Waals surface area contributed by atoms with E-state index in [9.17, 15) is 4.79 Å². The lowest BCUT2D eigenvalue weighted by Gasteiger charge is -2.41. The summed E-state index contributed by atoms with van der Waals surface area (Å²) in [6.07, 6.45) is 6.47. The van der Waals surface area contributed by atoms with Crippen molar-refractivity contribution in [1.29, 1.82) is 0 Å². The second-order valence-electron chi connectivity index (χ2n) is 9.14. The van der Waals surface area contributed by atoms with E-state index < -0.39 is 0 Å². The Morgan fingerprint density at radius 1 is 1.21 bits per heavy atom. The molecule has 0 radical (unpaired) electrons. The number of carbonyl (C=O) groups excluding carboxylic acids is 1. The second-order valence-corrected chi connectivity index (χ2v) is 9.14. The Bertz CT molecular complexity index is 1170. The number of hydrogen-bond acceptors (Lipinski definition) is 6. The Kier molecular flexibility index (Phi) is 5.89. The lowest BCUT2D eigenvalue weighted by atomic mass is 9.96. The maximum absolute atomic E-state index is 12.5. The molecule has 2 aliphatic rings. The minimum absolute atomic E-state index is 0.0962. The highest BCUT2D eigenvalue weighted by molar-refractivity contribution is 5.97. The van der Waals surface area contributed by atoms with Crippen LogP contribution in [-0.4, -0.2) is 60.2 Å². The van der Waals surface area contributed by atoms with Gasteiger partial charge in [0.05, 0.1) is 24.4 Å². The molecule has 1 atom stereocenters. The molecule has 1 aliphatic heterocycles. The van der Waals surface area contributed by atoms with Crippen LogP contribution in [-0.2, 0) is 9.53 Å². The van der Waals surface area contributed by atoms with Gasteiger partial charge in [-0.05, 0) is 42.8 Å². The van der Waals surface area contributed by atoms with Crippen LogP contribution in [0.1, 0.15) is 37.8 Å². The molecular formula is C26H31N5O2. The molecule has 2 fully saturated rings. The van der Waals surface area contributed by atoms with Crippen molar-refractivity contribution in [2.75, 3.05) is 44.0 Å². The standard InChI is InChI=1S/C26H31N5O2/c1-17-16-30(11-12-31(17)24(32)9-13-33-2)26-23(27)14-22(25(29-26)18-6-7-18)21-5-3-4-19-15-28-10-8-20(19)21/h3-5,8,10,14-15,17-18H,6-7,9,11-13,16,27H2,1-2H3/t17-/m1/s1. The maximum atomic E-state index is 12.5. The number of amides is 1. The monoisotopic (exact) mass is 445 g/mol. The zero-order chi connectivity index (χ0) is 22.9. The van der Waals surface area contributed by atoms with E-state index in [1.807, 2.05) is 17.3 Å². The van der Waals surface area contributed by atoms with Crippen molar-refractivity contribution in [3.8, 4) is 11.1 Å². The van der Waals surface area contributed by atoms with Gasteiger partial charge in [-0.25, -0.2) is 4.98 Å². The molecule has 7 heteroatoms. The van der Waals surface area contributed by atoms with E-state index in [4.69, 9.17) is 15.5 Å². The van der Waals surface area contributed by atoms with Gasteiger partial charge in [0.2, 0.25) is 5.91 Å². The van der Waals surface area contributed by atoms with Gasteiger partial charge in [-0.15, -0.1) is 0 Å². The first-order valence-electron chi connectivity index (χ1n) is 11.7. The first kappa shape index (κ1) is 21.6. The fraction of sp³-hybridized carbons (Fsp3) is 0.423. The Morgan fingerprint density at radius 3 is 2.82 bits per heavy atom. The molecular weight excluding hydrogens is 414 g/mol. The van der Waals surface area contributed by atoms with Crippen LogP contribution in [0, 0.1) is 0 Å². The van der Waals surface area contributed by atoms with Gasteiger partial charge in [0.25, 0.3) is 0 Å². The van der Waals surface area contributed by atoms with Gasteiger partial charge in [-0.1, -0.05) is 18.2 Å². The van der Waals surface area contributed by atoms with Crippen molar-refractivity contribution in [3.05, 3.63) is 48.4 Å². The van der Waals surface area contributed by atoms with Crippen molar-refractivity contribution in [1.82, 2.24) is 14.9 Å². The predicted octanol–water partition coefficient (Wildman–Crippen LogP) is 3.83. The number of nitrogens with two attached hydrogens (primary N) is 1. The van der Waals surface area contributed by atoms with Crippen molar-refractivity contribution in [2.24, 2.45) is 0 Å². The molecule has 2 N–H and O–H groups in total. The van der Waals surface area contributed by atoms with Gasteiger partial charge in [0, 0.05) is 62.0 Å². The fourth-order valence-electron chi connectivity index (χ4n) is 4.88. The number of anilines is 2. The average Bonchev–Trinajstić information content (AvgIpc) is 3.67. The van der Waals surface area contributed by atoms with Crippen LogP contribution in [0.2, 0.25) is 0 Å². The molecule has 1 saturated heterocycles. The number of rotatable bonds is 6. The Morgan fingerprint density at radius 2 is 2.06 bits per heavy atom. The van der Waals surface area contributed by atoms with Crippen LogP contribution in [0.4, 0.5) is 11.5 Å². The molecule has 33 heavy (non-hydrogen) atoms. The topological polar surface area (TPSA) is 84.6 Å². The maximum Gasteiger partial charge on any atom is 0.225 e. The quantitative estimate of drug-likeness (QED) is 0.621. The highest BCUT2D eigenvalue weighted by Gasteiger charge is 2.32. The molecule has 2 aromatic heterocycles. The summed E-state index contributed by atoms with van der Waals surface area (Å²) >= 11 is 0. The number of piperazine rings is 1. The summed E-state index contributed by atoms with van der Waals surface area (Å²) in [6.45, 7) is 4.66. The number of aromatic nitrogens is 2. The van der Waals surface area contributed by atoms with E-state index in [2.05, 4.69) is 47.1 Å². The van der Waals surface area contributed by atoms with Gasteiger partial charge in [0.1, 0.15) is 0 Å². The summed E-state index contributed by atoms with van der Waals surface area (Å²) in [4.78, 5) is 26.1. The van der Waals surface area contributed by atoms with Crippen molar-refractivity contribution in [2.45, 2.75) is 38.1 Å². The molecule has 5 rings (SSSR count). The normalized spacial score (nSPS) is 18.7. The van der Waals surface area contributed by atoms with Gasteiger partial charge in [-0.3, -0.25) is 9.78 Å². The zero-order valence-corrected chi connectivity index (χ0v) is 19.3. The van der Waals surface area contributed by atoms with E-state index in [0.29, 0.717) is 31.2 Å². The van der Waals surface area contributed by atoms with Crippen LogP contribution in [0.5, 0.6) is 0 Å². The summed E-state index contributed by atoms with van der Waals surface area (Å²) in [6, 6.07) is 10.6. The Balaban J connectivity index is 1.46. The van der Waals surface area contributed by atoms with Crippen LogP contribution in [0.25, 0.3) is 21.9 Å². The number of nitrogen functional groups attached to an aromatic ring is 1. The summed E-state index contributed by atoms with van der Waals surface area (Å²) in [5, 5.41) is 2.28. The lowest BCUT2D eigenvalue weighted by molar-refractivity contribution is -0.134. The smallest absolute Gasteiger partial charge is 0.225 e. The zero-order valence-electron chi connectivity index (χ0n) is 19.3. The number of carbonyl (C=O) groups is 1. The molecule has 1 aromatic carbocycles. The Hall–Kier alpha value is -3.19. The first-order chi connectivity index (χ1) is 16.1. The van der Waals surface area contributed by atoms with Gasteiger partial charge < -0.3 is 20.3 Å². The van der Waals surface area contributed by atoms with E-state index in [-0.39, 0.29) is 11.9 Å². The van der Waals surface area contributed by atoms with Crippen molar-refractivity contribution >= 4 is 28.2 Å². The largest absolute Gasteiger partial charge is 0.396 e. The van der Waals surface area contributed by atoms with Crippen LogP contribution < -0.4 is 10.6 Å². The third-order valence-electron chi connectivity index (χ3n) is 6.76. The third kappa shape index (κ3) is 4.25. The third-order valence-corrected chi connectivity index (χ3v) is 6.76. The molecule has 1 saturated carbocycles. The molecule has 7 nitrogen and oxygen atoms in total. The SMILES string of the molecule is COCCC(=O)N1CCN(c2nc(C3CC3)c(-c3cccc4cnccc34)cc2N)C[C@H]1C. The van der Waals surface area contributed by atoms with Gasteiger partial charge in [-0.2, -0.15) is 0 Å². The Labute approximate surface area is 194 Å². The summed E-state index contributed by atoms with van der Waals surface area (Å²) in [5.41, 5.74) is 10.7. The van der Waals surface area contributed by atoms with E-state index in [1.165, 1.54) is 5.39 Å². The molecule has 0 spiro atoms. The number of hydrogen-bond donors (Lipinski definition) is 1.